The van der Waals surface area contributed by atoms with E-state index in [1.54, 1.807) is 25.1 Å². The highest BCUT2D eigenvalue weighted by atomic mass is 16.7. The number of carbonyl (C=O) groups excluding carboxylic acids is 3. The van der Waals surface area contributed by atoms with Gasteiger partial charge in [0, 0.05) is 33.9 Å². The van der Waals surface area contributed by atoms with E-state index in [4.69, 9.17) is 14.2 Å². The van der Waals surface area contributed by atoms with Gasteiger partial charge in [0.1, 0.15) is 5.75 Å². The van der Waals surface area contributed by atoms with Crippen molar-refractivity contribution in [2.24, 2.45) is 0 Å². The Morgan fingerprint density at radius 3 is 1.80 bits per heavy atom. The Bertz CT molecular complexity index is 1920. The molecule has 0 atom stereocenters. The van der Waals surface area contributed by atoms with Gasteiger partial charge in [-0.25, -0.2) is 9.59 Å². The summed E-state index contributed by atoms with van der Waals surface area (Å²) in [5.74, 6) is 11.9. The molecule has 222 valence electrons. The largest absolute Gasteiger partial charge is 0.485 e. The fourth-order valence-corrected chi connectivity index (χ4v) is 3.75. The molecule has 6 nitrogen and oxygen atoms in total. The van der Waals surface area contributed by atoms with Crippen LogP contribution in [0.3, 0.4) is 0 Å². The van der Waals surface area contributed by atoms with Crippen LogP contribution in [0.4, 0.5) is 0 Å². The molecule has 4 aromatic rings. The van der Waals surface area contributed by atoms with E-state index in [1.807, 2.05) is 72.8 Å². The molecule has 0 aliphatic heterocycles. The third kappa shape index (κ3) is 9.99. The van der Waals surface area contributed by atoms with Gasteiger partial charge in [0.15, 0.2) is 12.4 Å². The Hall–Kier alpha value is -6.11. The van der Waals surface area contributed by atoms with Gasteiger partial charge in [0.25, 0.3) is 0 Å². The maximum absolute atomic E-state index is 11.9. The van der Waals surface area contributed by atoms with Crippen molar-refractivity contribution >= 4 is 34.6 Å². The number of hydrogen-bond donors (Lipinski definition) is 0. The standard InChI is InChI=1S/C39H30O6/c1-27(2)37(40)25-43-36-20-15-31(16-21-36)10-9-29-5-7-30(8-6-29)11-12-32-13-18-35-24-33(14-19-34(35)23-32)17-22-38(41)44-26-45-39(42)28(3)4/h5-8,13-24H,1,3,25-26H2,2,4H3/b22-17+. The van der Waals surface area contributed by atoms with Crippen molar-refractivity contribution in [1.82, 2.24) is 0 Å². The lowest BCUT2D eigenvalue weighted by atomic mass is 10.0. The lowest BCUT2D eigenvalue weighted by Crippen LogP contribution is -2.11. The van der Waals surface area contributed by atoms with Crippen LogP contribution in [-0.4, -0.2) is 31.1 Å². The molecule has 0 aromatic heterocycles. The molecule has 0 aliphatic carbocycles. The molecule has 0 bridgehead atoms. The number of rotatable bonds is 9. The molecular weight excluding hydrogens is 564 g/mol. The number of carbonyl (C=O) groups is 3. The molecule has 4 rings (SSSR count). The molecule has 6 heteroatoms. The predicted octanol–water partition coefficient (Wildman–Crippen LogP) is 6.80. The van der Waals surface area contributed by atoms with Gasteiger partial charge in [-0.3, -0.25) is 4.79 Å². The maximum Gasteiger partial charge on any atom is 0.335 e. The van der Waals surface area contributed by atoms with Crippen LogP contribution in [-0.2, 0) is 23.9 Å². The first-order valence-corrected chi connectivity index (χ1v) is 13.9. The average molecular weight is 595 g/mol. The highest BCUT2D eigenvalue weighted by molar-refractivity contribution is 5.95. The zero-order chi connectivity index (χ0) is 32.2. The van der Waals surface area contributed by atoms with Crippen molar-refractivity contribution in [1.29, 1.82) is 0 Å². The van der Waals surface area contributed by atoms with Gasteiger partial charge in [-0.05, 0) is 109 Å². The summed E-state index contributed by atoms with van der Waals surface area (Å²) in [5.41, 5.74) is 4.95. The molecule has 4 aromatic carbocycles. The summed E-state index contributed by atoms with van der Waals surface area (Å²) in [4.78, 5) is 34.8. The lowest BCUT2D eigenvalue weighted by Gasteiger charge is -2.04. The number of hydrogen-bond acceptors (Lipinski definition) is 6. The number of Topliss-reactive ketones (excluding diaryl/α,β-unsaturated/α-hetero) is 1. The van der Waals surface area contributed by atoms with E-state index in [2.05, 4.69) is 36.8 Å². The Balaban J connectivity index is 1.32. The van der Waals surface area contributed by atoms with Crippen molar-refractivity contribution in [3.63, 3.8) is 0 Å². The first-order chi connectivity index (χ1) is 21.7. The summed E-state index contributed by atoms with van der Waals surface area (Å²) in [6, 6.07) is 26.7. The average Bonchev–Trinajstić information content (AvgIpc) is 3.04. The topological polar surface area (TPSA) is 78.9 Å². The second kappa shape index (κ2) is 15.4. The van der Waals surface area contributed by atoms with Gasteiger partial charge in [-0.15, -0.1) is 0 Å². The lowest BCUT2D eigenvalue weighted by molar-refractivity contribution is -0.160. The SMILES string of the molecule is C=C(C)C(=O)COc1ccc(C#Cc2ccc(C#Cc3ccc4cc(/C=C/C(=O)OCOC(=O)C(=C)C)ccc4c3)cc2)cc1. The fraction of sp³-hybridized carbons (Fsp3) is 0.103. The predicted molar refractivity (Wildman–Crippen MR) is 175 cm³/mol. The Morgan fingerprint density at radius 1 is 0.667 bits per heavy atom. The summed E-state index contributed by atoms with van der Waals surface area (Å²) in [7, 11) is 0. The highest BCUT2D eigenvalue weighted by Crippen LogP contribution is 2.19. The van der Waals surface area contributed by atoms with Crippen LogP contribution in [0.2, 0.25) is 0 Å². The Labute approximate surface area is 262 Å². The normalized spacial score (nSPS) is 10.2. The molecule has 0 heterocycles. The second-order valence-electron chi connectivity index (χ2n) is 10.0. The smallest absolute Gasteiger partial charge is 0.335 e. The summed E-state index contributed by atoms with van der Waals surface area (Å²) >= 11 is 0. The minimum Gasteiger partial charge on any atom is -0.485 e. The van der Waals surface area contributed by atoms with Gasteiger partial charge >= 0.3 is 11.9 Å². The van der Waals surface area contributed by atoms with E-state index in [-0.39, 0.29) is 18.0 Å². The summed E-state index contributed by atoms with van der Waals surface area (Å²) in [5, 5.41) is 2.01. The molecule has 0 N–H and O–H groups in total. The number of ketones is 1. The molecule has 0 radical (unpaired) electrons. The van der Waals surface area contributed by atoms with Crippen LogP contribution in [0.1, 0.15) is 41.7 Å². The molecule has 0 fully saturated rings. The number of benzene rings is 4. The summed E-state index contributed by atoms with van der Waals surface area (Å²) in [6.45, 7) is 9.75. The van der Waals surface area contributed by atoms with Crippen LogP contribution in [0, 0.1) is 23.7 Å². The molecule has 0 saturated heterocycles. The van der Waals surface area contributed by atoms with E-state index in [1.165, 1.54) is 13.0 Å². The van der Waals surface area contributed by atoms with Gasteiger partial charge in [0.2, 0.25) is 6.79 Å². The Kier molecular flexibility index (Phi) is 10.9. The first-order valence-electron chi connectivity index (χ1n) is 13.9. The van der Waals surface area contributed by atoms with E-state index in [0.717, 1.165) is 38.6 Å². The van der Waals surface area contributed by atoms with Gasteiger partial charge in [-0.1, -0.05) is 55.0 Å². The minimum absolute atomic E-state index is 0.0310. The molecule has 0 amide bonds. The summed E-state index contributed by atoms with van der Waals surface area (Å²) in [6.07, 6.45) is 2.91. The molecular formula is C39H30O6. The third-order valence-corrected chi connectivity index (χ3v) is 6.30. The molecule has 45 heavy (non-hydrogen) atoms. The van der Waals surface area contributed by atoms with E-state index in [9.17, 15) is 14.4 Å². The van der Waals surface area contributed by atoms with E-state index in [0.29, 0.717) is 11.3 Å². The van der Waals surface area contributed by atoms with Crippen molar-refractivity contribution in [2.45, 2.75) is 13.8 Å². The monoisotopic (exact) mass is 594 g/mol. The van der Waals surface area contributed by atoms with Gasteiger partial charge < -0.3 is 14.2 Å². The van der Waals surface area contributed by atoms with Gasteiger partial charge in [0.05, 0.1) is 0 Å². The van der Waals surface area contributed by atoms with E-state index < -0.39 is 18.7 Å². The first kappa shape index (κ1) is 31.8. The maximum atomic E-state index is 11.9. The Morgan fingerprint density at radius 2 is 1.20 bits per heavy atom. The minimum atomic E-state index is -0.623. The zero-order valence-electron chi connectivity index (χ0n) is 25.0. The number of fused-ring (bicyclic) bond motifs is 1. The van der Waals surface area contributed by atoms with Crippen LogP contribution in [0.5, 0.6) is 5.75 Å². The molecule has 0 spiro atoms. The highest BCUT2D eigenvalue weighted by Gasteiger charge is 2.05. The van der Waals surface area contributed by atoms with Crippen molar-refractivity contribution in [3.05, 3.63) is 143 Å². The van der Waals surface area contributed by atoms with Crippen LogP contribution < -0.4 is 4.74 Å². The summed E-state index contributed by atoms with van der Waals surface area (Å²) < 4.78 is 15.1. The van der Waals surface area contributed by atoms with Crippen LogP contribution >= 0.6 is 0 Å². The number of esters is 2. The van der Waals surface area contributed by atoms with Crippen LogP contribution in [0.25, 0.3) is 16.8 Å². The zero-order valence-corrected chi connectivity index (χ0v) is 25.0. The van der Waals surface area contributed by atoms with Crippen LogP contribution in [0.15, 0.2) is 115 Å². The van der Waals surface area contributed by atoms with Crippen molar-refractivity contribution in [3.8, 4) is 29.4 Å². The quantitative estimate of drug-likeness (QED) is 0.0919. The second-order valence-corrected chi connectivity index (χ2v) is 10.0. The van der Waals surface area contributed by atoms with E-state index >= 15 is 0 Å². The van der Waals surface area contributed by atoms with Gasteiger partial charge in [-0.2, -0.15) is 0 Å². The molecule has 0 saturated carbocycles. The molecule has 0 aliphatic rings. The molecule has 0 unspecified atom stereocenters. The fourth-order valence-electron chi connectivity index (χ4n) is 3.75. The van der Waals surface area contributed by atoms with Crippen molar-refractivity contribution < 1.29 is 28.6 Å². The third-order valence-electron chi connectivity index (χ3n) is 6.30. The number of ether oxygens (including phenoxy) is 3. The van der Waals surface area contributed by atoms with Crippen molar-refractivity contribution in [2.75, 3.05) is 13.4 Å².